The highest BCUT2D eigenvalue weighted by Crippen LogP contribution is 2.30. The number of hydrogen-bond donors (Lipinski definition) is 6. The van der Waals surface area contributed by atoms with Crippen LogP contribution in [0.15, 0.2) is 82.0 Å². The molecule has 0 aliphatic carbocycles. The Hall–Kier alpha value is -4.94. The van der Waals surface area contributed by atoms with Crippen LogP contribution in [0.3, 0.4) is 0 Å². The molecule has 4 aromatic rings. The van der Waals surface area contributed by atoms with Gasteiger partial charge in [0.2, 0.25) is 0 Å². The van der Waals surface area contributed by atoms with E-state index in [1.165, 1.54) is 12.4 Å². The van der Waals surface area contributed by atoms with Crippen molar-refractivity contribution in [3.63, 3.8) is 0 Å². The minimum absolute atomic E-state index is 0.0117. The molecule has 2 aliphatic heterocycles. The largest absolute Gasteiger partial charge is 0.371 e. The van der Waals surface area contributed by atoms with Crippen LogP contribution in [0.4, 0.5) is 32.3 Å². The predicted octanol–water partition coefficient (Wildman–Crippen LogP) is 6.04. The lowest BCUT2D eigenvalue weighted by Crippen LogP contribution is -2.33. The van der Waals surface area contributed by atoms with Gasteiger partial charge < -0.3 is 41.4 Å². The fraction of sp³-hybridized carbons (Fsp3) is 0.235. The molecule has 4 amide bonds. The van der Waals surface area contributed by atoms with Gasteiger partial charge in [-0.05, 0) is 91.5 Å². The number of hydrogen-bond acceptors (Lipinski definition) is 10. The van der Waals surface area contributed by atoms with Gasteiger partial charge in [0.25, 0.3) is 0 Å². The second-order valence-electron chi connectivity index (χ2n) is 10.9. The van der Waals surface area contributed by atoms with E-state index in [9.17, 15) is 9.59 Å². The monoisotopic (exact) mass is 802 g/mol. The second kappa shape index (κ2) is 18.2. The highest BCUT2D eigenvalue weighted by Gasteiger charge is 2.18. The van der Waals surface area contributed by atoms with Crippen LogP contribution in [0.5, 0.6) is 0 Å². The summed E-state index contributed by atoms with van der Waals surface area (Å²) < 4.78 is 13.0. The summed E-state index contributed by atoms with van der Waals surface area (Å²) in [7, 11) is 0. The molecule has 2 aromatic carbocycles. The molecule has 2 atom stereocenters. The maximum absolute atomic E-state index is 12.1. The van der Waals surface area contributed by atoms with Crippen molar-refractivity contribution in [2.24, 2.45) is 0 Å². The van der Waals surface area contributed by atoms with Gasteiger partial charge in [-0.2, -0.15) is 10.5 Å². The van der Waals surface area contributed by atoms with E-state index in [2.05, 4.69) is 73.7 Å². The lowest BCUT2D eigenvalue weighted by atomic mass is 10.1. The number of nitrogens with one attached hydrogen (secondary N) is 6. The molecule has 0 spiro atoms. The molecule has 4 heterocycles. The van der Waals surface area contributed by atoms with Crippen molar-refractivity contribution in [2.45, 2.75) is 12.2 Å². The number of nitriles is 2. The van der Waals surface area contributed by atoms with Crippen molar-refractivity contribution >= 4 is 66.7 Å². The third kappa shape index (κ3) is 10.5. The predicted molar refractivity (Wildman–Crippen MR) is 195 cm³/mol. The van der Waals surface area contributed by atoms with Crippen LogP contribution in [0.2, 0.25) is 0 Å². The number of benzene rings is 2. The molecule has 0 saturated carbocycles. The summed E-state index contributed by atoms with van der Waals surface area (Å²) in [6.45, 7) is 4.63. The van der Waals surface area contributed by atoms with Gasteiger partial charge in [0, 0.05) is 35.1 Å². The van der Waals surface area contributed by atoms with Crippen LogP contribution in [0, 0.1) is 22.7 Å². The van der Waals surface area contributed by atoms with E-state index in [0.29, 0.717) is 47.4 Å². The van der Waals surface area contributed by atoms with Crippen molar-refractivity contribution in [2.75, 3.05) is 60.7 Å². The Kier molecular flexibility index (Phi) is 13.2. The third-order valence-corrected chi connectivity index (χ3v) is 8.67. The molecular formula is C34H32Br2N10O4. The van der Waals surface area contributed by atoms with Crippen LogP contribution >= 0.6 is 31.9 Å². The number of nitrogens with zero attached hydrogens (tertiary/aromatic N) is 4. The average Bonchev–Trinajstić information content (AvgIpc) is 3.15. The van der Waals surface area contributed by atoms with Gasteiger partial charge in [-0.3, -0.25) is 0 Å². The molecule has 2 fully saturated rings. The van der Waals surface area contributed by atoms with Gasteiger partial charge in [-0.25, -0.2) is 19.6 Å². The Morgan fingerprint density at radius 3 is 1.44 bits per heavy atom. The molecule has 0 bridgehead atoms. The molecule has 6 rings (SSSR count). The first-order valence-corrected chi connectivity index (χ1v) is 17.0. The maximum atomic E-state index is 12.1. The summed E-state index contributed by atoms with van der Waals surface area (Å²) in [5.41, 5.74) is 4.98. The van der Waals surface area contributed by atoms with Crippen LogP contribution in [0.25, 0.3) is 0 Å². The molecule has 14 nitrogen and oxygen atoms in total. The Morgan fingerprint density at radius 1 is 0.680 bits per heavy atom. The summed E-state index contributed by atoms with van der Waals surface area (Å²) in [6, 6.07) is 20.8. The Bertz CT molecular complexity index is 1730. The number of amides is 4. The lowest BCUT2D eigenvalue weighted by molar-refractivity contribution is 0.0276. The molecule has 2 saturated heterocycles. The summed E-state index contributed by atoms with van der Waals surface area (Å²) in [4.78, 5) is 32.0. The van der Waals surface area contributed by atoms with Gasteiger partial charge in [-0.1, -0.05) is 12.1 Å². The smallest absolute Gasteiger partial charge is 0.323 e. The normalized spacial score (nSPS) is 16.7. The number of aromatic nitrogens is 2. The van der Waals surface area contributed by atoms with Gasteiger partial charge in [0.05, 0.1) is 60.6 Å². The molecule has 2 aliphatic rings. The number of urea groups is 2. The average molecular weight is 805 g/mol. The van der Waals surface area contributed by atoms with E-state index in [1.54, 1.807) is 24.3 Å². The number of pyridine rings is 2. The summed E-state index contributed by atoms with van der Waals surface area (Å²) >= 11 is 6.96. The number of rotatable bonds is 6. The molecule has 16 heteroatoms. The highest BCUT2D eigenvalue weighted by atomic mass is 79.9. The molecule has 256 valence electrons. The van der Waals surface area contributed by atoms with Crippen LogP contribution < -0.4 is 31.9 Å². The van der Waals surface area contributed by atoms with Crippen LogP contribution in [-0.2, 0) is 9.47 Å². The van der Waals surface area contributed by atoms with Crippen molar-refractivity contribution in [1.82, 2.24) is 20.6 Å². The van der Waals surface area contributed by atoms with Crippen LogP contribution in [0.1, 0.15) is 34.7 Å². The molecule has 50 heavy (non-hydrogen) atoms. The van der Waals surface area contributed by atoms with E-state index in [-0.39, 0.29) is 12.2 Å². The van der Waals surface area contributed by atoms with Gasteiger partial charge in [0.1, 0.15) is 23.5 Å². The zero-order valence-corrected chi connectivity index (χ0v) is 29.7. The molecule has 0 radical (unpaired) electrons. The molecule has 0 unspecified atom stereocenters. The minimum atomic E-state index is -0.393. The summed E-state index contributed by atoms with van der Waals surface area (Å²) in [6.07, 6.45) is 2.89. The van der Waals surface area contributed by atoms with Gasteiger partial charge >= 0.3 is 12.1 Å². The molecule has 2 aromatic heterocycles. The standard InChI is InChI=1S/2C17H16BrN5O2/c2*18-14-7-11(16-10-20-5-6-25-16)1-4-15(14)23-17(24)22-13-3-2-12(8-19)21-9-13/h2*1-4,7,9,16,20H,5-6,10H2,(H2,22,23,24)/t2*16-/m10/s1. The number of morpholine rings is 2. The van der Waals surface area contributed by atoms with Gasteiger partial charge in [0.15, 0.2) is 0 Å². The SMILES string of the molecule is N#Cc1ccc(NC(=O)Nc2ccc([C@@H]3CNCCO3)cc2Br)cn1.N#Cc1ccc(NC(=O)Nc2ccc([C@H]3CNCCO3)cc2Br)cn1. The zero-order chi connectivity index (χ0) is 35.3. The van der Waals surface area contributed by atoms with Crippen molar-refractivity contribution in [1.29, 1.82) is 10.5 Å². The zero-order valence-electron chi connectivity index (χ0n) is 26.5. The lowest BCUT2D eigenvalue weighted by Gasteiger charge is -2.24. The third-order valence-electron chi connectivity index (χ3n) is 7.35. The number of anilines is 4. The van der Waals surface area contributed by atoms with Crippen molar-refractivity contribution in [3.05, 3.63) is 105 Å². The Balaban J connectivity index is 0.000000194. The number of halogens is 2. The fourth-order valence-corrected chi connectivity index (χ4v) is 5.85. The summed E-state index contributed by atoms with van der Waals surface area (Å²) in [5, 5.41) is 34.9. The maximum Gasteiger partial charge on any atom is 0.323 e. The Labute approximate surface area is 305 Å². The quantitative estimate of drug-likeness (QED) is 0.134. The van der Waals surface area contributed by atoms with E-state index >= 15 is 0 Å². The first kappa shape index (κ1) is 36.3. The van der Waals surface area contributed by atoms with E-state index in [4.69, 9.17) is 20.0 Å². The molecular weight excluding hydrogens is 772 g/mol. The van der Waals surface area contributed by atoms with Crippen molar-refractivity contribution < 1.29 is 19.1 Å². The van der Waals surface area contributed by atoms with Gasteiger partial charge in [-0.15, -0.1) is 0 Å². The Morgan fingerprint density at radius 2 is 1.12 bits per heavy atom. The fourth-order valence-electron chi connectivity index (χ4n) is 4.86. The molecule has 6 N–H and O–H groups in total. The van der Waals surface area contributed by atoms with Crippen molar-refractivity contribution in [3.8, 4) is 12.1 Å². The number of carbonyl (C=O) groups is 2. The highest BCUT2D eigenvalue weighted by molar-refractivity contribution is 9.11. The van der Waals surface area contributed by atoms with E-state index < -0.39 is 12.1 Å². The van der Waals surface area contributed by atoms with Crippen LogP contribution in [-0.4, -0.2) is 61.4 Å². The first-order valence-electron chi connectivity index (χ1n) is 15.4. The number of ether oxygens (including phenoxy) is 2. The first-order chi connectivity index (χ1) is 24.3. The second-order valence-corrected chi connectivity index (χ2v) is 12.6. The minimum Gasteiger partial charge on any atom is -0.371 e. The topological polar surface area (TPSA) is 198 Å². The summed E-state index contributed by atoms with van der Waals surface area (Å²) in [5.74, 6) is 0. The van der Waals surface area contributed by atoms with E-state index in [0.717, 1.165) is 46.3 Å². The number of carbonyl (C=O) groups excluding carboxylic acids is 2. The van der Waals surface area contributed by atoms with E-state index in [1.807, 2.05) is 48.5 Å².